The molecule has 3 N–H and O–H groups in total. The van der Waals surface area contributed by atoms with Crippen molar-refractivity contribution in [3.8, 4) is 0 Å². The van der Waals surface area contributed by atoms with Crippen LogP contribution >= 0.6 is 0 Å². The monoisotopic (exact) mass is 339 g/mol. The third-order valence-corrected chi connectivity index (χ3v) is 6.09. The maximum atomic E-state index is 12.9. The summed E-state index contributed by atoms with van der Waals surface area (Å²) in [5, 5.41) is 2.65. The summed E-state index contributed by atoms with van der Waals surface area (Å²) in [6.07, 6.45) is 3.91. The van der Waals surface area contributed by atoms with Crippen LogP contribution in [-0.4, -0.2) is 37.8 Å². The summed E-state index contributed by atoms with van der Waals surface area (Å²) >= 11 is 0. The highest BCUT2D eigenvalue weighted by molar-refractivity contribution is 7.89. The van der Waals surface area contributed by atoms with E-state index in [2.05, 4.69) is 5.32 Å². The lowest BCUT2D eigenvalue weighted by Gasteiger charge is -2.21. The summed E-state index contributed by atoms with van der Waals surface area (Å²) in [5.74, 6) is -0.341. The van der Waals surface area contributed by atoms with Crippen molar-refractivity contribution in [2.75, 3.05) is 18.4 Å². The van der Waals surface area contributed by atoms with Crippen LogP contribution in [-0.2, 0) is 14.8 Å². The number of hydrogen-bond acceptors (Lipinski definition) is 4. The van der Waals surface area contributed by atoms with Gasteiger partial charge in [0.1, 0.15) is 0 Å². The first-order valence-electron chi connectivity index (χ1n) is 7.99. The fourth-order valence-electron chi connectivity index (χ4n) is 2.63. The van der Waals surface area contributed by atoms with Crippen LogP contribution < -0.4 is 11.1 Å². The molecule has 0 spiro atoms. The van der Waals surface area contributed by atoms with E-state index < -0.39 is 16.1 Å². The highest BCUT2D eigenvalue weighted by Gasteiger charge is 2.27. The molecule has 1 aliphatic rings. The lowest BCUT2D eigenvalue weighted by molar-refractivity contribution is -0.117. The Hall–Kier alpha value is -1.44. The van der Waals surface area contributed by atoms with E-state index in [9.17, 15) is 13.2 Å². The molecule has 0 aromatic heterocycles. The Labute approximate surface area is 138 Å². The SMILES string of the molecule is Cc1ccc(NC(=O)C(C)N)cc1S(=O)(=O)N1CCCCCC1. The molecule has 1 unspecified atom stereocenters. The van der Waals surface area contributed by atoms with Crippen LogP contribution in [0.3, 0.4) is 0 Å². The third kappa shape index (κ3) is 4.31. The number of nitrogens with zero attached hydrogens (tertiary/aromatic N) is 1. The molecular formula is C16H25N3O3S. The van der Waals surface area contributed by atoms with Gasteiger partial charge in [0.2, 0.25) is 15.9 Å². The molecule has 0 saturated carbocycles. The average molecular weight is 339 g/mol. The Morgan fingerprint density at radius 2 is 1.83 bits per heavy atom. The molecule has 1 aromatic carbocycles. The van der Waals surface area contributed by atoms with Gasteiger partial charge in [-0.2, -0.15) is 4.31 Å². The lowest BCUT2D eigenvalue weighted by Crippen LogP contribution is -2.33. The minimum Gasteiger partial charge on any atom is -0.325 e. The number of sulfonamides is 1. The minimum atomic E-state index is -3.54. The summed E-state index contributed by atoms with van der Waals surface area (Å²) in [6, 6.07) is 4.27. The quantitative estimate of drug-likeness (QED) is 0.875. The van der Waals surface area contributed by atoms with Gasteiger partial charge in [0, 0.05) is 18.8 Å². The number of aryl methyl sites for hydroxylation is 1. The molecule has 0 radical (unpaired) electrons. The number of nitrogens with one attached hydrogen (secondary N) is 1. The number of carbonyl (C=O) groups is 1. The fraction of sp³-hybridized carbons (Fsp3) is 0.562. The van der Waals surface area contributed by atoms with Gasteiger partial charge in [0.15, 0.2) is 0 Å². The van der Waals surface area contributed by atoms with Crippen molar-refractivity contribution in [1.82, 2.24) is 4.31 Å². The second-order valence-electron chi connectivity index (χ2n) is 6.08. The van der Waals surface area contributed by atoms with Crippen molar-refractivity contribution in [1.29, 1.82) is 0 Å². The van der Waals surface area contributed by atoms with Gasteiger partial charge in [-0.25, -0.2) is 8.42 Å². The maximum absolute atomic E-state index is 12.9. The van der Waals surface area contributed by atoms with E-state index in [0.29, 0.717) is 24.3 Å². The Morgan fingerprint density at radius 1 is 1.22 bits per heavy atom. The van der Waals surface area contributed by atoms with E-state index in [-0.39, 0.29) is 10.8 Å². The van der Waals surface area contributed by atoms with Crippen LogP contribution in [0.2, 0.25) is 0 Å². The second kappa shape index (κ2) is 7.42. The van der Waals surface area contributed by atoms with Gasteiger partial charge in [-0.15, -0.1) is 0 Å². The van der Waals surface area contributed by atoms with E-state index in [0.717, 1.165) is 25.7 Å². The molecule has 1 aromatic rings. The number of amides is 1. The van der Waals surface area contributed by atoms with E-state index in [1.54, 1.807) is 30.3 Å². The summed E-state index contributed by atoms with van der Waals surface area (Å²) in [5.41, 5.74) is 6.66. The summed E-state index contributed by atoms with van der Waals surface area (Å²) in [6.45, 7) is 4.46. The van der Waals surface area contributed by atoms with Gasteiger partial charge >= 0.3 is 0 Å². The molecule has 1 amide bonds. The summed E-state index contributed by atoms with van der Waals surface area (Å²) in [4.78, 5) is 12.0. The first-order chi connectivity index (χ1) is 10.8. The Balaban J connectivity index is 2.31. The minimum absolute atomic E-state index is 0.252. The number of anilines is 1. The number of carbonyl (C=O) groups excluding carboxylic acids is 1. The standard InChI is InChI=1S/C16H25N3O3S/c1-12-7-8-14(18-16(20)13(2)17)11-15(12)23(21,22)19-9-5-3-4-6-10-19/h7-8,11,13H,3-6,9-10,17H2,1-2H3,(H,18,20). The molecule has 6 nitrogen and oxygen atoms in total. The van der Waals surface area contributed by atoms with E-state index in [1.807, 2.05) is 0 Å². The van der Waals surface area contributed by atoms with Gasteiger partial charge in [-0.3, -0.25) is 4.79 Å². The van der Waals surface area contributed by atoms with Gasteiger partial charge in [0.25, 0.3) is 0 Å². The molecule has 7 heteroatoms. The Kier molecular flexibility index (Phi) is 5.78. The molecule has 1 fully saturated rings. The van der Waals surface area contributed by atoms with E-state index in [1.165, 1.54) is 6.07 Å². The summed E-state index contributed by atoms with van der Waals surface area (Å²) < 4.78 is 27.4. The fourth-order valence-corrected chi connectivity index (χ4v) is 4.40. The predicted molar refractivity (Wildman–Crippen MR) is 90.7 cm³/mol. The Bertz CT molecular complexity index is 663. The zero-order valence-corrected chi connectivity index (χ0v) is 14.5. The average Bonchev–Trinajstić information content (AvgIpc) is 2.78. The van der Waals surface area contributed by atoms with Crippen LogP contribution in [0.5, 0.6) is 0 Å². The first kappa shape index (κ1) is 17.9. The highest BCUT2D eigenvalue weighted by atomic mass is 32.2. The molecule has 1 aliphatic heterocycles. The van der Waals surface area contributed by atoms with Crippen molar-refractivity contribution in [2.45, 2.75) is 50.5 Å². The van der Waals surface area contributed by atoms with Crippen LogP contribution in [0.4, 0.5) is 5.69 Å². The number of hydrogen-bond donors (Lipinski definition) is 2. The zero-order valence-electron chi connectivity index (χ0n) is 13.7. The maximum Gasteiger partial charge on any atom is 0.243 e. The van der Waals surface area contributed by atoms with Crippen molar-refractivity contribution in [3.63, 3.8) is 0 Å². The van der Waals surface area contributed by atoms with Crippen LogP contribution in [0.15, 0.2) is 23.1 Å². The highest BCUT2D eigenvalue weighted by Crippen LogP contribution is 2.25. The smallest absolute Gasteiger partial charge is 0.243 e. The lowest BCUT2D eigenvalue weighted by atomic mass is 10.2. The molecule has 1 heterocycles. The van der Waals surface area contributed by atoms with Gasteiger partial charge < -0.3 is 11.1 Å². The van der Waals surface area contributed by atoms with Crippen LogP contribution in [0.1, 0.15) is 38.2 Å². The van der Waals surface area contributed by atoms with E-state index >= 15 is 0 Å². The zero-order chi connectivity index (χ0) is 17.0. The molecular weight excluding hydrogens is 314 g/mol. The molecule has 0 aliphatic carbocycles. The van der Waals surface area contributed by atoms with E-state index in [4.69, 9.17) is 5.73 Å². The topological polar surface area (TPSA) is 92.5 Å². The molecule has 1 saturated heterocycles. The van der Waals surface area contributed by atoms with Crippen LogP contribution in [0.25, 0.3) is 0 Å². The van der Waals surface area contributed by atoms with Gasteiger partial charge in [-0.05, 0) is 44.4 Å². The summed E-state index contributed by atoms with van der Waals surface area (Å²) in [7, 11) is -3.54. The van der Waals surface area contributed by atoms with Crippen LogP contribution in [0, 0.1) is 6.92 Å². The first-order valence-corrected chi connectivity index (χ1v) is 9.43. The van der Waals surface area contributed by atoms with Gasteiger partial charge in [-0.1, -0.05) is 18.9 Å². The predicted octanol–water partition coefficient (Wildman–Crippen LogP) is 1.85. The van der Waals surface area contributed by atoms with Gasteiger partial charge in [0.05, 0.1) is 10.9 Å². The molecule has 0 bridgehead atoms. The van der Waals surface area contributed by atoms with Crippen molar-refractivity contribution >= 4 is 21.6 Å². The van der Waals surface area contributed by atoms with Crippen molar-refractivity contribution < 1.29 is 13.2 Å². The van der Waals surface area contributed by atoms with Crippen molar-refractivity contribution in [3.05, 3.63) is 23.8 Å². The normalized spacial score (nSPS) is 18.2. The molecule has 23 heavy (non-hydrogen) atoms. The Morgan fingerprint density at radius 3 is 2.39 bits per heavy atom. The van der Waals surface area contributed by atoms with Crippen molar-refractivity contribution in [2.24, 2.45) is 5.73 Å². The molecule has 1 atom stereocenters. The number of nitrogens with two attached hydrogens (primary N) is 1. The molecule has 2 rings (SSSR count). The molecule has 128 valence electrons. The second-order valence-corrected chi connectivity index (χ2v) is 7.98. The number of rotatable bonds is 4. The largest absolute Gasteiger partial charge is 0.325 e. The third-order valence-electron chi connectivity index (χ3n) is 4.05. The number of benzene rings is 1.